The Balaban J connectivity index is 1.56. The number of carbonyl (C=O) groups excluding carboxylic acids is 1. The molecule has 1 amide bonds. The first-order chi connectivity index (χ1) is 12.2. The number of aromatic nitrogens is 3. The molecule has 25 heavy (non-hydrogen) atoms. The van der Waals surface area contributed by atoms with Crippen LogP contribution >= 0.6 is 0 Å². The Morgan fingerprint density at radius 1 is 1.20 bits per heavy atom. The number of H-pyrrole nitrogens is 1. The number of nitrogens with zero attached hydrogens (tertiary/aromatic N) is 3. The number of aromatic amines is 1. The quantitative estimate of drug-likeness (QED) is 0.755. The van der Waals surface area contributed by atoms with Crippen molar-refractivity contribution in [2.75, 3.05) is 20.2 Å². The molecule has 2 unspecified atom stereocenters. The van der Waals surface area contributed by atoms with Gasteiger partial charge in [0.2, 0.25) is 0 Å². The first kappa shape index (κ1) is 15.6. The minimum atomic E-state index is -0.105. The van der Waals surface area contributed by atoms with Gasteiger partial charge in [-0.3, -0.25) is 4.79 Å². The summed E-state index contributed by atoms with van der Waals surface area (Å²) in [5, 5.41) is 10.6. The van der Waals surface area contributed by atoms with E-state index < -0.39 is 0 Å². The summed E-state index contributed by atoms with van der Waals surface area (Å²) in [7, 11) is 1.64. The van der Waals surface area contributed by atoms with E-state index in [9.17, 15) is 4.79 Å². The molecule has 128 valence electrons. The third kappa shape index (κ3) is 2.83. The van der Waals surface area contributed by atoms with Gasteiger partial charge in [0.25, 0.3) is 5.91 Å². The lowest BCUT2D eigenvalue weighted by Crippen LogP contribution is -2.32. The SMILES string of the molecule is COc1cccc(C2CN(C(=O)c3ccc4n[nH]nc4c3)CC2N)c1. The number of nitrogens with one attached hydrogen (secondary N) is 1. The van der Waals surface area contributed by atoms with Crippen LogP contribution < -0.4 is 10.5 Å². The fraction of sp³-hybridized carbons (Fsp3) is 0.278. The smallest absolute Gasteiger partial charge is 0.254 e. The Bertz CT molecular complexity index is 922. The van der Waals surface area contributed by atoms with E-state index in [1.54, 1.807) is 30.2 Å². The highest BCUT2D eigenvalue weighted by Gasteiger charge is 2.34. The number of hydrogen-bond acceptors (Lipinski definition) is 5. The summed E-state index contributed by atoms with van der Waals surface area (Å²) in [5.74, 6) is 0.853. The number of likely N-dealkylation sites (tertiary alicyclic amines) is 1. The van der Waals surface area contributed by atoms with Crippen LogP contribution in [0.15, 0.2) is 42.5 Å². The fourth-order valence-corrected chi connectivity index (χ4v) is 3.38. The van der Waals surface area contributed by atoms with Gasteiger partial charge in [0.1, 0.15) is 16.8 Å². The number of ether oxygens (including phenoxy) is 1. The first-order valence-electron chi connectivity index (χ1n) is 8.15. The average Bonchev–Trinajstić information content (AvgIpc) is 3.26. The molecule has 2 heterocycles. The topological polar surface area (TPSA) is 97.1 Å². The third-order valence-corrected chi connectivity index (χ3v) is 4.74. The molecule has 3 aromatic rings. The van der Waals surface area contributed by atoms with Crippen molar-refractivity contribution in [1.82, 2.24) is 20.3 Å². The van der Waals surface area contributed by atoms with E-state index >= 15 is 0 Å². The minimum Gasteiger partial charge on any atom is -0.497 e. The lowest BCUT2D eigenvalue weighted by molar-refractivity contribution is 0.0789. The normalized spacial score (nSPS) is 20.2. The van der Waals surface area contributed by atoms with Crippen LogP contribution in [-0.2, 0) is 0 Å². The maximum absolute atomic E-state index is 12.8. The van der Waals surface area contributed by atoms with Crippen molar-refractivity contribution in [3.63, 3.8) is 0 Å². The summed E-state index contributed by atoms with van der Waals surface area (Å²) in [6, 6.07) is 13.1. The van der Waals surface area contributed by atoms with Crippen molar-refractivity contribution in [2.24, 2.45) is 5.73 Å². The van der Waals surface area contributed by atoms with Crippen molar-refractivity contribution in [2.45, 2.75) is 12.0 Å². The van der Waals surface area contributed by atoms with Gasteiger partial charge < -0.3 is 15.4 Å². The maximum Gasteiger partial charge on any atom is 0.254 e. The number of fused-ring (bicyclic) bond motifs is 1. The second-order valence-electron chi connectivity index (χ2n) is 6.28. The summed E-state index contributed by atoms with van der Waals surface area (Å²) in [6.45, 7) is 1.11. The zero-order valence-corrected chi connectivity index (χ0v) is 13.8. The number of methoxy groups -OCH3 is 1. The highest BCUT2D eigenvalue weighted by atomic mass is 16.5. The molecule has 7 heteroatoms. The molecule has 4 rings (SSSR count). The molecule has 2 aromatic carbocycles. The molecule has 0 bridgehead atoms. The van der Waals surface area contributed by atoms with Crippen molar-refractivity contribution >= 4 is 16.9 Å². The van der Waals surface area contributed by atoms with E-state index in [2.05, 4.69) is 15.4 Å². The molecular formula is C18H19N5O2. The molecule has 0 spiro atoms. The average molecular weight is 337 g/mol. The number of benzene rings is 2. The van der Waals surface area contributed by atoms with Gasteiger partial charge in [0.05, 0.1) is 7.11 Å². The zero-order chi connectivity index (χ0) is 17.4. The van der Waals surface area contributed by atoms with Crippen molar-refractivity contribution in [3.05, 3.63) is 53.6 Å². The van der Waals surface area contributed by atoms with E-state index in [0.717, 1.165) is 16.8 Å². The molecule has 7 nitrogen and oxygen atoms in total. The zero-order valence-electron chi connectivity index (χ0n) is 13.8. The Labute approximate surface area is 144 Å². The monoisotopic (exact) mass is 337 g/mol. The second kappa shape index (κ2) is 6.18. The summed E-state index contributed by atoms with van der Waals surface area (Å²) in [4.78, 5) is 14.6. The molecule has 0 radical (unpaired) electrons. The van der Waals surface area contributed by atoms with Crippen LogP contribution in [0.3, 0.4) is 0 Å². The highest BCUT2D eigenvalue weighted by Crippen LogP contribution is 2.29. The summed E-state index contributed by atoms with van der Waals surface area (Å²) >= 11 is 0. The van der Waals surface area contributed by atoms with Crippen LogP contribution in [0.1, 0.15) is 21.8 Å². The van der Waals surface area contributed by atoms with Gasteiger partial charge in [-0.25, -0.2) is 0 Å². The maximum atomic E-state index is 12.8. The van der Waals surface area contributed by atoms with E-state index in [4.69, 9.17) is 10.5 Å². The van der Waals surface area contributed by atoms with Crippen LogP contribution in [0, 0.1) is 0 Å². The Kier molecular flexibility index (Phi) is 3.85. The van der Waals surface area contributed by atoms with E-state index in [-0.39, 0.29) is 17.9 Å². The van der Waals surface area contributed by atoms with E-state index in [0.29, 0.717) is 24.2 Å². The van der Waals surface area contributed by atoms with E-state index in [1.807, 2.05) is 24.3 Å². The third-order valence-electron chi connectivity index (χ3n) is 4.74. The Hall–Kier alpha value is -2.93. The van der Waals surface area contributed by atoms with Crippen LogP contribution in [-0.4, -0.2) is 52.5 Å². The lowest BCUT2D eigenvalue weighted by atomic mass is 9.95. The molecule has 0 aliphatic carbocycles. The molecule has 0 saturated carbocycles. The molecule has 1 aliphatic heterocycles. The molecule has 1 saturated heterocycles. The number of hydrogen-bond donors (Lipinski definition) is 2. The summed E-state index contributed by atoms with van der Waals surface area (Å²) in [6.07, 6.45) is 0. The number of amides is 1. The standard InChI is InChI=1S/C18H19N5O2/c1-25-13-4-2-3-11(7-13)14-9-23(10-15(14)19)18(24)12-5-6-16-17(8-12)21-22-20-16/h2-8,14-15H,9-10,19H2,1H3,(H,20,21,22). The number of nitrogens with two attached hydrogens (primary N) is 1. The minimum absolute atomic E-state index is 0.0363. The molecule has 1 fully saturated rings. The molecule has 3 N–H and O–H groups in total. The van der Waals surface area contributed by atoms with Gasteiger partial charge in [-0.1, -0.05) is 12.1 Å². The summed E-state index contributed by atoms with van der Waals surface area (Å²) < 4.78 is 5.29. The highest BCUT2D eigenvalue weighted by molar-refractivity contribution is 5.97. The predicted octanol–water partition coefficient (Wildman–Crippen LogP) is 1.53. The van der Waals surface area contributed by atoms with Crippen LogP contribution in [0.4, 0.5) is 0 Å². The Morgan fingerprint density at radius 2 is 2.04 bits per heavy atom. The number of carbonyl (C=O) groups is 1. The van der Waals surface area contributed by atoms with Gasteiger partial charge in [0, 0.05) is 30.6 Å². The lowest BCUT2D eigenvalue weighted by Gasteiger charge is -2.17. The van der Waals surface area contributed by atoms with Gasteiger partial charge in [0.15, 0.2) is 0 Å². The van der Waals surface area contributed by atoms with Crippen LogP contribution in [0.25, 0.3) is 11.0 Å². The van der Waals surface area contributed by atoms with Crippen molar-refractivity contribution in [3.8, 4) is 5.75 Å². The van der Waals surface area contributed by atoms with Crippen LogP contribution in [0.2, 0.25) is 0 Å². The van der Waals surface area contributed by atoms with Crippen molar-refractivity contribution in [1.29, 1.82) is 0 Å². The summed E-state index contributed by atoms with van der Waals surface area (Å²) in [5.41, 5.74) is 9.43. The van der Waals surface area contributed by atoms with Crippen molar-refractivity contribution < 1.29 is 9.53 Å². The predicted molar refractivity (Wildman–Crippen MR) is 93.5 cm³/mol. The van der Waals surface area contributed by atoms with E-state index in [1.165, 1.54) is 0 Å². The molecule has 1 aliphatic rings. The molecular weight excluding hydrogens is 318 g/mol. The fourth-order valence-electron chi connectivity index (χ4n) is 3.38. The van der Waals surface area contributed by atoms with Gasteiger partial charge in [-0.05, 0) is 35.9 Å². The molecule has 1 aromatic heterocycles. The molecule has 2 atom stereocenters. The van der Waals surface area contributed by atoms with Gasteiger partial charge in [-0.15, -0.1) is 0 Å². The number of rotatable bonds is 3. The Morgan fingerprint density at radius 3 is 2.88 bits per heavy atom. The largest absolute Gasteiger partial charge is 0.497 e. The second-order valence-corrected chi connectivity index (χ2v) is 6.28. The van der Waals surface area contributed by atoms with Crippen LogP contribution in [0.5, 0.6) is 5.75 Å². The first-order valence-corrected chi connectivity index (χ1v) is 8.15. The van der Waals surface area contributed by atoms with Gasteiger partial charge >= 0.3 is 0 Å². The van der Waals surface area contributed by atoms with Gasteiger partial charge in [-0.2, -0.15) is 15.4 Å².